The number of benzene rings is 1. The first kappa shape index (κ1) is 17.0. The summed E-state index contributed by atoms with van der Waals surface area (Å²) < 4.78 is 5.39. The zero-order chi connectivity index (χ0) is 18.3. The zero-order valence-corrected chi connectivity index (χ0v) is 14.8. The lowest BCUT2D eigenvalue weighted by molar-refractivity contribution is -0.114. The Balaban J connectivity index is 2.33. The van der Waals surface area contributed by atoms with Gasteiger partial charge in [-0.15, -0.1) is 0 Å². The molecule has 6 heteroatoms. The molecule has 0 bridgehead atoms. The van der Waals surface area contributed by atoms with Crippen LogP contribution in [0.1, 0.15) is 30.9 Å². The van der Waals surface area contributed by atoms with Crippen molar-refractivity contribution in [3.63, 3.8) is 0 Å². The van der Waals surface area contributed by atoms with Gasteiger partial charge in [-0.2, -0.15) is 5.26 Å². The number of hydrogen-bond donors (Lipinski definition) is 1. The predicted octanol–water partition coefficient (Wildman–Crippen LogP) is 3.87. The Morgan fingerprint density at radius 2 is 2.12 bits per heavy atom. The van der Waals surface area contributed by atoms with Crippen LogP contribution in [-0.4, -0.2) is 10.8 Å². The first-order valence-corrected chi connectivity index (χ1v) is 8.08. The van der Waals surface area contributed by atoms with Gasteiger partial charge in [-0.05, 0) is 32.4 Å². The van der Waals surface area contributed by atoms with Gasteiger partial charge < -0.3 is 10.5 Å². The monoisotopic (exact) mass is 353 g/mol. The highest BCUT2D eigenvalue weighted by Gasteiger charge is 2.35. The number of aryl methyl sites for hydroxylation is 1. The van der Waals surface area contributed by atoms with E-state index in [0.717, 1.165) is 16.5 Å². The summed E-state index contributed by atoms with van der Waals surface area (Å²) in [5, 5.41) is 10.7. The first-order chi connectivity index (χ1) is 11.8. The second-order valence-electron chi connectivity index (χ2n) is 5.97. The molecule has 2 N–H and O–H groups in total. The Labute approximate surface area is 150 Å². The van der Waals surface area contributed by atoms with Crippen LogP contribution < -0.4 is 5.73 Å². The number of nitrogens with zero attached hydrogens (tertiary/aromatic N) is 2. The molecule has 1 aliphatic heterocycles. The zero-order valence-electron chi connectivity index (χ0n) is 14.1. The number of Topliss-reactive ketones (excluding diaryl/α,β-unsaturated/α-hetero) is 1. The molecular formula is C19H16ClN3O2. The van der Waals surface area contributed by atoms with E-state index in [1.54, 1.807) is 6.92 Å². The van der Waals surface area contributed by atoms with Crippen LogP contribution >= 0.6 is 11.6 Å². The predicted molar refractivity (Wildman–Crippen MR) is 95.5 cm³/mol. The number of allylic oxidation sites excluding steroid dienone is 3. The molecule has 1 aliphatic rings. The lowest BCUT2D eigenvalue weighted by Gasteiger charge is -2.27. The smallest absolute Gasteiger partial charge is 0.205 e. The fourth-order valence-electron chi connectivity index (χ4n) is 3.19. The van der Waals surface area contributed by atoms with Gasteiger partial charge in [0.25, 0.3) is 0 Å². The first-order valence-electron chi connectivity index (χ1n) is 7.70. The molecule has 25 heavy (non-hydrogen) atoms. The molecular weight excluding hydrogens is 338 g/mol. The summed E-state index contributed by atoms with van der Waals surface area (Å²) >= 11 is 6.44. The van der Waals surface area contributed by atoms with Crippen molar-refractivity contribution in [1.82, 2.24) is 4.98 Å². The summed E-state index contributed by atoms with van der Waals surface area (Å²) in [6.45, 7) is 5.03. The number of nitriles is 1. The number of fused-ring (bicyclic) bond motifs is 1. The van der Waals surface area contributed by atoms with Gasteiger partial charge in [0.15, 0.2) is 5.78 Å². The molecule has 1 atom stereocenters. The van der Waals surface area contributed by atoms with Gasteiger partial charge >= 0.3 is 0 Å². The van der Waals surface area contributed by atoms with Crippen LogP contribution in [0.2, 0.25) is 5.15 Å². The number of para-hydroxylation sites is 1. The number of carbonyl (C=O) groups is 1. The van der Waals surface area contributed by atoms with Gasteiger partial charge in [0, 0.05) is 16.5 Å². The van der Waals surface area contributed by atoms with E-state index in [1.165, 1.54) is 6.92 Å². The van der Waals surface area contributed by atoms with E-state index in [-0.39, 0.29) is 22.4 Å². The van der Waals surface area contributed by atoms with Crippen LogP contribution in [0.25, 0.3) is 10.9 Å². The average Bonchev–Trinajstić information content (AvgIpc) is 2.54. The average molecular weight is 354 g/mol. The van der Waals surface area contributed by atoms with Crippen molar-refractivity contribution in [3.05, 3.63) is 63.3 Å². The molecule has 2 heterocycles. The number of ether oxygens (including phenoxy) is 1. The fraction of sp³-hybridized carbons (Fsp3) is 0.211. The van der Waals surface area contributed by atoms with Crippen LogP contribution in [0.15, 0.2) is 47.1 Å². The van der Waals surface area contributed by atoms with Crippen molar-refractivity contribution >= 4 is 28.3 Å². The van der Waals surface area contributed by atoms with Crippen LogP contribution in [0, 0.1) is 18.3 Å². The molecule has 0 spiro atoms. The normalized spacial score (nSPS) is 17.5. The van der Waals surface area contributed by atoms with Crippen molar-refractivity contribution in [2.75, 3.05) is 0 Å². The maximum Gasteiger partial charge on any atom is 0.205 e. The highest BCUT2D eigenvalue weighted by atomic mass is 35.5. The Kier molecular flexibility index (Phi) is 4.23. The van der Waals surface area contributed by atoms with Gasteiger partial charge in [0.05, 0.1) is 11.4 Å². The molecule has 2 aromatic rings. The quantitative estimate of drug-likeness (QED) is 0.828. The van der Waals surface area contributed by atoms with Crippen LogP contribution in [0.3, 0.4) is 0 Å². The second-order valence-corrected chi connectivity index (χ2v) is 6.32. The molecule has 3 rings (SSSR count). The van der Waals surface area contributed by atoms with Crippen LogP contribution in [-0.2, 0) is 9.53 Å². The van der Waals surface area contributed by atoms with E-state index in [1.807, 2.05) is 31.2 Å². The second kappa shape index (κ2) is 6.23. The SMILES string of the molecule is CC(=O)C1=C(C)OC(N)=C(C#N)[C@H]1c1cc2cccc(C)c2nc1Cl. The van der Waals surface area contributed by atoms with E-state index >= 15 is 0 Å². The minimum Gasteiger partial charge on any atom is -0.445 e. The van der Waals surface area contributed by atoms with Crippen molar-refractivity contribution in [3.8, 4) is 6.07 Å². The highest BCUT2D eigenvalue weighted by Crippen LogP contribution is 2.42. The Morgan fingerprint density at radius 3 is 2.76 bits per heavy atom. The summed E-state index contributed by atoms with van der Waals surface area (Å²) in [6, 6.07) is 9.69. The van der Waals surface area contributed by atoms with Crippen molar-refractivity contribution in [1.29, 1.82) is 5.26 Å². The fourth-order valence-corrected chi connectivity index (χ4v) is 3.44. The third-order valence-electron chi connectivity index (χ3n) is 4.32. The number of nitrogens with two attached hydrogens (primary N) is 1. The van der Waals surface area contributed by atoms with Crippen molar-refractivity contribution in [2.45, 2.75) is 26.7 Å². The molecule has 0 unspecified atom stereocenters. The lowest BCUT2D eigenvalue weighted by atomic mass is 9.81. The molecule has 1 aromatic heterocycles. The maximum absolute atomic E-state index is 12.2. The molecule has 1 aromatic carbocycles. The van der Waals surface area contributed by atoms with E-state index in [9.17, 15) is 10.1 Å². The molecule has 5 nitrogen and oxygen atoms in total. The summed E-state index contributed by atoms with van der Waals surface area (Å²) in [5.74, 6) is -0.547. The Morgan fingerprint density at radius 1 is 1.40 bits per heavy atom. The number of carbonyl (C=O) groups excluding carboxylic acids is 1. The van der Waals surface area contributed by atoms with E-state index in [0.29, 0.717) is 16.9 Å². The maximum atomic E-state index is 12.2. The summed E-state index contributed by atoms with van der Waals surface area (Å²) in [4.78, 5) is 16.7. The van der Waals surface area contributed by atoms with E-state index in [2.05, 4.69) is 11.1 Å². The molecule has 0 saturated heterocycles. The van der Waals surface area contributed by atoms with Gasteiger partial charge in [0.1, 0.15) is 22.6 Å². The van der Waals surface area contributed by atoms with Crippen LogP contribution in [0.5, 0.6) is 0 Å². The number of rotatable bonds is 2. The largest absolute Gasteiger partial charge is 0.445 e. The van der Waals surface area contributed by atoms with E-state index < -0.39 is 5.92 Å². The van der Waals surface area contributed by atoms with Gasteiger partial charge in [-0.25, -0.2) is 4.98 Å². The Hall–Kier alpha value is -2.84. The topological polar surface area (TPSA) is 89.0 Å². The van der Waals surface area contributed by atoms with Crippen molar-refractivity contribution < 1.29 is 9.53 Å². The summed E-state index contributed by atoms with van der Waals surface area (Å²) in [7, 11) is 0. The Bertz CT molecular complexity index is 1020. The van der Waals surface area contributed by atoms with Gasteiger partial charge in [-0.1, -0.05) is 29.8 Å². The van der Waals surface area contributed by atoms with Gasteiger partial charge in [0.2, 0.25) is 5.88 Å². The molecule has 0 fully saturated rings. The van der Waals surface area contributed by atoms with Gasteiger partial charge in [-0.3, -0.25) is 4.79 Å². The molecule has 0 saturated carbocycles. The number of ketones is 1. The number of pyridine rings is 1. The molecule has 0 amide bonds. The third-order valence-corrected chi connectivity index (χ3v) is 4.63. The third kappa shape index (κ3) is 2.75. The van der Waals surface area contributed by atoms with Crippen LogP contribution in [0.4, 0.5) is 0 Å². The molecule has 126 valence electrons. The minimum atomic E-state index is -0.693. The summed E-state index contributed by atoms with van der Waals surface area (Å²) in [5.41, 5.74) is 8.74. The number of aromatic nitrogens is 1. The number of hydrogen-bond acceptors (Lipinski definition) is 5. The molecule has 0 radical (unpaired) electrons. The standard InChI is InChI=1S/C19H16ClN3O2/c1-9-5-4-6-12-7-13(18(20)23-17(9)12)16-14(8-21)19(22)25-11(3)15(16)10(2)24/h4-7,16H,22H2,1-3H3/t16-/m1/s1. The van der Waals surface area contributed by atoms with E-state index in [4.69, 9.17) is 22.1 Å². The highest BCUT2D eigenvalue weighted by molar-refractivity contribution is 6.31. The van der Waals surface area contributed by atoms with Crippen molar-refractivity contribution in [2.24, 2.45) is 5.73 Å². The summed E-state index contributed by atoms with van der Waals surface area (Å²) in [6.07, 6.45) is 0. The molecule has 0 aliphatic carbocycles. The lowest BCUT2D eigenvalue weighted by Crippen LogP contribution is -2.23. The minimum absolute atomic E-state index is 0.0181. The number of halogens is 1.